The summed E-state index contributed by atoms with van der Waals surface area (Å²) in [5, 5.41) is 24.3. The van der Waals surface area contributed by atoms with Crippen LogP contribution in [0.1, 0.15) is 12.8 Å². The second kappa shape index (κ2) is 12.1. The zero-order chi connectivity index (χ0) is 25.5. The predicted molar refractivity (Wildman–Crippen MR) is 155 cm³/mol. The van der Waals surface area contributed by atoms with Gasteiger partial charge in [0.05, 0.1) is 16.7 Å². The number of aliphatic hydroxyl groups excluding tert-OH is 2. The SMILES string of the molecule is OCCCN(CCCO)c1ccc(Sc2ccc(Nc3c4ccccc4nc4ccccc34)cc2)cc1. The first kappa shape index (κ1) is 25.1. The summed E-state index contributed by atoms with van der Waals surface area (Å²) in [5.41, 5.74) is 5.17. The van der Waals surface area contributed by atoms with Crippen LogP contribution < -0.4 is 10.2 Å². The number of aliphatic hydroxyl groups is 2. The van der Waals surface area contributed by atoms with Crippen molar-refractivity contribution in [3.63, 3.8) is 0 Å². The Hall–Kier alpha value is -3.58. The first-order chi connectivity index (χ1) is 18.2. The second-order valence-corrected chi connectivity index (χ2v) is 10.1. The summed E-state index contributed by atoms with van der Waals surface area (Å²) in [6, 6.07) is 33.5. The number of fused-ring (bicyclic) bond motifs is 2. The van der Waals surface area contributed by atoms with Crippen LogP contribution in [0.25, 0.3) is 21.8 Å². The van der Waals surface area contributed by atoms with Crippen molar-refractivity contribution in [2.24, 2.45) is 0 Å². The Bertz CT molecular complexity index is 1390. The van der Waals surface area contributed by atoms with Crippen molar-refractivity contribution in [3.05, 3.63) is 97.1 Å². The summed E-state index contributed by atoms with van der Waals surface area (Å²) in [4.78, 5) is 9.37. The Balaban J connectivity index is 1.31. The number of para-hydroxylation sites is 2. The van der Waals surface area contributed by atoms with E-state index in [1.165, 1.54) is 9.79 Å². The van der Waals surface area contributed by atoms with E-state index in [0.29, 0.717) is 12.8 Å². The van der Waals surface area contributed by atoms with Crippen molar-refractivity contribution >= 4 is 50.6 Å². The molecular formula is C31H31N3O2S. The second-order valence-electron chi connectivity index (χ2n) is 8.91. The molecule has 0 amide bonds. The lowest BCUT2D eigenvalue weighted by atomic mass is 10.1. The van der Waals surface area contributed by atoms with Crippen molar-refractivity contribution in [2.45, 2.75) is 22.6 Å². The molecule has 188 valence electrons. The van der Waals surface area contributed by atoms with Gasteiger partial charge in [0.2, 0.25) is 0 Å². The molecule has 6 heteroatoms. The van der Waals surface area contributed by atoms with Crippen molar-refractivity contribution in [1.29, 1.82) is 0 Å². The molecule has 1 aromatic heterocycles. The average Bonchev–Trinajstić information content (AvgIpc) is 2.94. The van der Waals surface area contributed by atoms with E-state index in [-0.39, 0.29) is 13.2 Å². The fourth-order valence-corrected chi connectivity index (χ4v) is 5.30. The molecule has 0 aliphatic heterocycles. The molecule has 1 heterocycles. The van der Waals surface area contributed by atoms with Crippen molar-refractivity contribution in [2.75, 3.05) is 36.5 Å². The van der Waals surface area contributed by atoms with E-state index < -0.39 is 0 Å². The van der Waals surface area contributed by atoms with E-state index in [1.54, 1.807) is 11.8 Å². The predicted octanol–water partition coefficient (Wildman–Crippen LogP) is 6.85. The van der Waals surface area contributed by atoms with Gasteiger partial charge in [0.25, 0.3) is 0 Å². The van der Waals surface area contributed by atoms with Crippen LogP contribution in [0, 0.1) is 0 Å². The molecule has 0 bridgehead atoms. The van der Waals surface area contributed by atoms with E-state index in [2.05, 4.69) is 83.0 Å². The van der Waals surface area contributed by atoms with Crippen LogP contribution in [-0.2, 0) is 0 Å². The Labute approximate surface area is 221 Å². The Morgan fingerprint density at radius 1 is 0.649 bits per heavy atom. The third-order valence-corrected chi connectivity index (χ3v) is 7.34. The number of nitrogens with zero attached hydrogens (tertiary/aromatic N) is 2. The number of benzene rings is 4. The summed E-state index contributed by atoms with van der Waals surface area (Å²) >= 11 is 1.73. The summed E-state index contributed by atoms with van der Waals surface area (Å²) in [6.45, 7) is 1.89. The summed E-state index contributed by atoms with van der Waals surface area (Å²) in [7, 11) is 0. The van der Waals surface area contributed by atoms with Crippen molar-refractivity contribution < 1.29 is 10.2 Å². The van der Waals surface area contributed by atoms with Gasteiger partial charge in [-0.2, -0.15) is 0 Å². The minimum absolute atomic E-state index is 0.169. The van der Waals surface area contributed by atoms with Gasteiger partial charge in [-0.1, -0.05) is 48.2 Å². The van der Waals surface area contributed by atoms with E-state index >= 15 is 0 Å². The summed E-state index contributed by atoms with van der Waals surface area (Å²) in [6.07, 6.45) is 1.43. The molecule has 0 atom stereocenters. The highest BCUT2D eigenvalue weighted by atomic mass is 32.2. The third-order valence-electron chi connectivity index (χ3n) is 6.32. The van der Waals surface area contributed by atoms with Crippen LogP contribution in [0.4, 0.5) is 17.1 Å². The van der Waals surface area contributed by atoms with E-state index in [9.17, 15) is 10.2 Å². The molecule has 0 radical (unpaired) electrons. The molecular weight excluding hydrogens is 478 g/mol. The number of hydrogen-bond acceptors (Lipinski definition) is 6. The molecule has 0 spiro atoms. The standard InChI is InChI=1S/C31H31N3O2S/c35-21-5-19-34(20-6-22-36)24-13-17-26(18-14-24)37-25-15-11-23(12-16-25)32-31-27-7-1-3-9-29(27)33-30-10-4-2-8-28(30)31/h1-4,7-18,35-36H,5-6,19-22H2,(H,32,33). The maximum atomic E-state index is 9.20. The van der Waals surface area contributed by atoms with Gasteiger partial charge >= 0.3 is 0 Å². The molecule has 0 saturated heterocycles. The van der Waals surface area contributed by atoms with Gasteiger partial charge < -0.3 is 20.4 Å². The number of hydrogen-bond donors (Lipinski definition) is 3. The highest BCUT2D eigenvalue weighted by molar-refractivity contribution is 7.99. The monoisotopic (exact) mass is 509 g/mol. The maximum Gasteiger partial charge on any atom is 0.0730 e. The number of nitrogens with one attached hydrogen (secondary N) is 1. The molecule has 0 aliphatic carbocycles. The first-order valence-corrected chi connectivity index (χ1v) is 13.5. The number of anilines is 3. The van der Waals surface area contributed by atoms with Gasteiger partial charge in [-0.15, -0.1) is 0 Å². The average molecular weight is 510 g/mol. The molecule has 0 saturated carbocycles. The zero-order valence-corrected chi connectivity index (χ0v) is 21.5. The fraction of sp³-hybridized carbons (Fsp3) is 0.194. The van der Waals surface area contributed by atoms with Gasteiger partial charge in [0, 0.05) is 58.2 Å². The van der Waals surface area contributed by atoms with Crippen LogP contribution in [0.5, 0.6) is 0 Å². The van der Waals surface area contributed by atoms with Crippen LogP contribution in [0.15, 0.2) is 107 Å². The smallest absolute Gasteiger partial charge is 0.0730 e. The minimum atomic E-state index is 0.169. The molecule has 0 aliphatic rings. The Morgan fingerprint density at radius 2 is 1.16 bits per heavy atom. The van der Waals surface area contributed by atoms with Crippen LogP contribution in [-0.4, -0.2) is 41.5 Å². The molecule has 0 fully saturated rings. The van der Waals surface area contributed by atoms with Crippen LogP contribution in [0.2, 0.25) is 0 Å². The Morgan fingerprint density at radius 3 is 1.70 bits per heavy atom. The number of rotatable bonds is 11. The summed E-state index contributed by atoms with van der Waals surface area (Å²) in [5.74, 6) is 0. The molecule has 0 unspecified atom stereocenters. The first-order valence-electron chi connectivity index (χ1n) is 12.6. The lowest BCUT2D eigenvalue weighted by Gasteiger charge is -2.24. The van der Waals surface area contributed by atoms with Crippen molar-refractivity contribution in [1.82, 2.24) is 4.98 Å². The van der Waals surface area contributed by atoms with Gasteiger partial charge in [-0.3, -0.25) is 0 Å². The zero-order valence-electron chi connectivity index (χ0n) is 20.7. The lowest BCUT2D eigenvalue weighted by Crippen LogP contribution is -2.26. The highest BCUT2D eigenvalue weighted by Crippen LogP contribution is 2.34. The molecule has 37 heavy (non-hydrogen) atoms. The normalized spacial score (nSPS) is 11.2. The summed E-state index contributed by atoms with van der Waals surface area (Å²) < 4.78 is 0. The van der Waals surface area contributed by atoms with Gasteiger partial charge in [-0.05, 0) is 73.5 Å². The lowest BCUT2D eigenvalue weighted by molar-refractivity contribution is 0.282. The Kier molecular flexibility index (Phi) is 8.21. The van der Waals surface area contributed by atoms with Gasteiger partial charge in [-0.25, -0.2) is 4.98 Å². The fourth-order valence-electron chi connectivity index (χ4n) is 4.48. The maximum absolute atomic E-state index is 9.20. The van der Waals surface area contributed by atoms with E-state index in [0.717, 1.165) is 52.0 Å². The molecule has 5 nitrogen and oxygen atoms in total. The quantitative estimate of drug-likeness (QED) is 0.169. The molecule has 3 N–H and O–H groups in total. The van der Waals surface area contributed by atoms with Gasteiger partial charge in [0.1, 0.15) is 0 Å². The van der Waals surface area contributed by atoms with Crippen LogP contribution in [0.3, 0.4) is 0 Å². The molecule has 4 aromatic carbocycles. The largest absolute Gasteiger partial charge is 0.396 e. The third kappa shape index (κ3) is 6.05. The van der Waals surface area contributed by atoms with E-state index in [4.69, 9.17) is 4.98 Å². The van der Waals surface area contributed by atoms with Gasteiger partial charge in [0.15, 0.2) is 0 Å². The highest BCUT2D eigenvalue weighted by Gasteiger charge is 2.10. The number of aromatic nitrogens is 1. The molecule has 5 aromatic rings. The molecule has 5 rings (SSSR count). The van der Waals surface area contributed by atoms with Crippen molar-refractivity contribution in [3.8, 4) is 0 Å². The topological polar surface area (TPSA) is 68.6 Å². The minimum Gasteiger partial charge on any atom is -0.396 e. The number of pyridine rings is 1. The van der Waals surface area contributed by atoms with Crippen LogP contribution >= 0.6 is 11.8 Å². The van der Waals surface area contributed by atoms with E-state index in [1.807, 2.05) is 24.3 Å².